The summed E-state index contributed by atoms with van der Waals surface area (Å²) in [6.07, 6.45) is -17.9. The number of ether oxygens (including phenoxy) is 4. The van der Waals surface area contributed by atoms with E-state index in [1.807, 2.05) is 0 Å². The Bertz CT molecular complexity index is 935. The minimum atomic E-state index is -1.73. The number of aliphatic hydroxyl groups excluding tert-OH is 7. The minimum absolute atomic E-state index is 0.00476. The molecule has 0 bridgehead atoms. The number of nitrogens with zero attached hydrogens (tertiary/aromatic N) is 1. The van der Waals surface area contributed by atoms with Gasteiger partial charge in [0, 0.05) is 12.6 Å². The van der Waals surface area contributed by atoms with Crippen molar-refractivity contribution in [1.82, 2.24) is 5.32 Å². The highest BCUT2D eigenvalue weighted by Crippen LogP contribution is 2.32. The van der Waals surface area contributed by atoms with Crippen LogP contribution in [0.3, 0.4) is 0 Å². The zero-order valence-electron chi connectivity index (χ0n) is 23.4. The Morgan fingerprint density at radius 3 is 2.12 bits per heavy atom. The normalized spacial score (nSPS) is 44.4. The molecule has 1 amide bonds. The van der Waals surface area contributed by atoms with Gasteiger partial charge in [0.15, 0.2) is 18.5 Å². The maximum Gasteiger partial charge on any atom is 0.249 e. The third-order valence-electron chi connectivity index (χ3n) is 7.81. The number of hydrogen-bond donors (Lipinski definition) is 14. The Morgan fingerprint density at radius 2 is 1.53 bits per heavy atom. The highest BCUT2D eigenvalue weighted by Gasteiger charge is 2.53. The van der Waals surface area contributed by atoms with Crippen LogP contribution in [0.2, 0.25) is 0 Å². The van der Waals surface area contributed by atoms with Crippen molar-refractivity contribution in [1.29, 1.82) is 0 Å². The fraction of sp³-hybridized carbons (Fsp3) is 0.913. The Kier molecular flexibility index (Phi) is 12.8. The average Bonchev–Trinajstić information content (AvgIpc) is 2.96. The smallest absolute Gasteiger partial charge is 0.249 e. The van der Waals surface area contributed by atoms with Crippen LogP contribution in [0.4, 0.5) is 0 Å². The number of amides is 1. The van der Waals surface area contributed by atoms with E-state index < -0.39 is 116 Å². The summed E-state index contributed by atoms with van der Waals surface area (Å²) in [4.78, 5) is 16.6. The first kappa shape index (κ1) is 35.6. The molecule has 0 unspecified atom stereocenters. The first-order valence-corrected chi connectivity index (χ1v) is 13.9. The van der Waals surface area contributed by atoms with E-state index >= 15 is 0 Å². The van der Waals surface area contributed by atoms with Gasteiger partial charge in [-0.3, -0.25) is 4.79 Å². The number of aliphatic hydroxyl groups is 7. The summed E-state index contributed by atoms with van der Waals surface area (Å²) in [6.45, 7) is -0.908. The van der Waals surface area contributed by atoms with Crippen LogP contribution in [-0.4, -0.2) is 165 Å². The molecule has 0 spiro atoms. The van der Waals surface area contributed by atoms with Gasteiger partial charge in [0.05, 0.1) is 18.7 Å². The third-order valence-corrected chi connectivity index (χ3v) is 7.81. The molecule has 3 aliphatic rings. The zero-order valence-corrected chi connectivity index (χ0v) is 23.4. The second-order valence-electron chi connectivity index (χ2n) is 10.9. The Labute approximate surface area is 246 Å². The molecule has 2 heterocycles. The lowest BCUT2D eigenvalue weighted by Gasteiger charge is -2.49. The van der Waals surface area contributed by atoms with Crippen molar-refractivity contribution in [2.24, 2.45) is 39.4 Å². The molecule has 0 aromatic heterocycles. The van der Waals surface area contributed by atoms with E-state index in [1.54, 1.807) is 0 Å². The van der Waals surface area contributed by atoms with E-state index in [1.165, 1.54) is 0 Å². The van der Waals surface area contributed by atoms with Gasteiger partial charge in [0.2, 0.25) is 5.91 Å². The second-order valence-corrected chi connectivity index (χ2v) is 10.9. The van der Waals surface area contributed by atoms with Gasteiger partial charge in [-0.2, -0.15) is 0 Å². The molecule has 20 nitrogen and oxygen atoms in total. The summed E-state index contributed by atoms with van der Waals surface area (Å²) < 4.78 is 23.1. The van der Waals surface area contributed by atoms with Gasteiger partial charge < -0.3 is 94.4 Å². The van der Waals surface area contributed by atoms with Crippen LogP contribution in [0.1, 0.15) is 12.8 Å². The van der Waals surface area contributed by atoms with Crippen molar-refractivity contribution in [3.05, 3.63) is 0 Å². The molecule has 3 rings (SSSR count). The van der Waals surface area contributed by atoms with E-state index in [0.717, 1.165) is 0 Å². The highest BCUT2D eigenvalue weighted by atomic mass is 16.7. The summed E-state index contributed by atoms with van der Waals surface area (Å²) in [5, 5.41) is 75.7. The number of nitrogens with one attached hydrogen (secondary N) is 1. The molecule has 20 N–H and O–H groups in total. The molecule has 1 saturated carbocycles. The van der Waals surface area contributed by atoms with Crippen LogP contribution >= 0.6 is 0 Å². The van der Waals surface area contributed by atoms with Crippen molar-refractivity contribution in [3.8, 4) is 0 Å². The minimum Gasteiger partial charge on any atom is -0.394 e. The van der Waals surface area contributed by atoms with E-state index in [9.17, 15) is 40.5 Å². The molecule has 20 heteroatoms. The van der Waals surface area contributed by atoms with Crippen molar-refractivity contribution >= 4 is 11.9 Å². The lowest BCUT2D eigenvalue weighted by molar-refractivity contribution is -0.319. The summed E-state index contributed by atoms with van der Waals surface area (Å²) in [6, 6.07) is -4.86. The maximum absolute atomic E-state index is 12.7. The number of hydrogen-bond acceptors (Lipinski definition) is 17. The van der Waals surface area contributed by atoms with E-state index in [0.29, 0.717) is 0 Å². The molecule has 0 radical (unpaired) electrons. The molecule has 2 aliphatic heterocycles. The van der Waals surface area contributed by atoms with Gasteiger partial charge in [-0.25, -0.2) is 4.99 Å². The Hall–Kier alpha value is -1.86. The predicted molar refractivity (Wildman–Crippen MR) is 145 cm³/mol. The van der Waals surface area contributed by atoms with Crippen molar-refractivity contribution in [2.75, 3.05) is 19.7 Å². The molecule has 43 heavy (non-hydrogen) atoms. The summed E-state index contributed by atoms with van der Waals surface area (Å²) in [5.41, 5.74) is 34.3. The largest absolute Gasteiger partial charge is 0.394 e. The number of carbonyl (C=O) groups excluding carboxylic acids is 1. The molecular formula is C23H46N8O12. The van der Waals surface area contributed by atoms with Crippen LogP contribution < -0.4 is 39.7 Å². The number of rotatable bonds is 11. The number of carbonyl (C=O) groups is 1. The molecule has 250 valence electrons. The molecule has 2 saturated heterocycles. The van der Waals surface area contributed by atoms with Crippen LogP contribution in [0.5, 0.6) is 0 Å². The monoisotopic (exact) mass is 626 g/mol. The van der Waals surface area contributed by atoms with Crippen LogP contribution in [0.15, 0.2) is 4.99 Å². The molecule has 0 aromatic rings. The van der Waals surface area contributed by atoms with Crippen molar-refractivity contribution in [3.63, 3.8) is 0 Å². The van der Waals surface area contributed by atoms with Gasteiger partial charge >= 0.3 is 0 Å². The van der Waals surface area contributed by atoms with Gasteiger partial charge in [-0.15, -0.1) is 0 Å². The lowest BCUT2D eigenvalue weighted by atomic mass is 9.83. The highest BCUT2D eigenvalue weighted by molar-refractivity contribution is 5.80. The molecule has 3 fully saturated rings. The Morgan fingerprint density at radius 1 is 0.907 bits per heavy atom. The van der Waals surface area contributed by atoms with Crippen LogP contribution in [0, 0.1) is 0 Å². The van der Waals surface area contributed by atoms with Crippen LogP contribution in [0.25, 0.3) is 0 Å². The summed E-state index contributed by atoms with van der Waals surface area (Å²) in [5.74, 6) is -1.31. The quantitative estimate of drug-likeness (QED) is 0.0747. The fourth-order valence-electron chi connectivity index (χ4n) is 5.38. The topological polar surface area (TPSA) is 376 Å². The third kappa shape index (κ3) is 8.06. The first-order valence-electron chi connectivity index (χ1n) is 13.9. The molecular weight excluding hydrogens is 580 g/mol. The van der Waals surface area contributed by atoms with Gasteiger partial charge in [0.25, 0.3) is 0 Å². The number of guanidine groups is 1. The molecule has 0 aromatic carbocycles. The van der Waals surface area contributed by atoms with Crippen molar-refractivity contribution < 1.29 is 59.5 Å². The Balaban J connectivity index is 1.91. The van der Waals surface area contributed by atoms with E-state index in [-0.39, 0.29) is 25.9 Å². The van der Waals surface area contributed by atoms with Crippen molar-refractivity contribution in [2.45, 2.75) is 111 Å². The first-order chi connectivity index (χ1) is 20.2. The van der Waals surface area contributed by atoms with Gasteiger partial charge in [-0.1, -0.05) is 0 Å². The maximum atomic E-state index is 12.7. The SMILES string of the molecule is NCC[C@H](O)C(=O)N[C@@H]1C[C@H](N)[C@@H](O[C@H]2O[C@H](CN)[C@@H](O)[C@H](O)[C@H]2N=C(N)N)[C@H](O)[C@H]1O[C@H]1O[C@H](CO)[C@@H](O)[C@H](N)[C@H]1O. The zero-order chi connectivity index (χ0) is 32.2. The molecule has 16 atom stereocenters. The summed E-state index contributed by atoms with van der Waals surface area (Å²) >= 11 is 0. The second kappa shape index (κ2) is 15.4. The average molecular weight is 627 g/mol. The standard InChI is InChI=1S/C23H46N8O12/c24-2-1-8(33)20(39)30-7-3-6(26)18(42-21-12(31-23(28)29)16(37)14(35)9(4-25)40-21)17(38)19(7)43-22-15(36)11(27)13(34)10(5-32)41-22/h6-19,21-22,32-38H,1-5,24-27H2,(H,30,39)(H4,28,29,31)/t6-,7+,8-,9+,10+,11-,12+,13+,14+,15+,16+,17-,18+,19-,21+,22+/m0/s1. The van der Waals surface area contributed by atoms with Crippen LogP contribution in [-0.2, 0) is 23.7 Å². The van der Waals surface area contributed by atoms with E-state index in [4.69, 9.17) is 53.3 Å². The van der Waals surface area contributed by atoms with Gasteiger partial charge in [0.1, 0.15) is 67.1 Å². The van der Waals surface area contributed by atoms with Gasteiger partial charge in [-0.05, 0) is 19.4 Å². The molecule has 1 aliphatic carbocycles. The summed E-state index contributed by atoms with van der Waals surface area (Å²) in [7, 11) is 0. The fourth-order valence-corrected chi connectivity index (χ4v) is 5.38. The predicted octanol–water partition coefficient (Wildman–Crippen LogP) is -9.14. The number of aliphatic imine (C=N–C) groups is 1. The number of nitrogens with two attached hydrogens (primary N) is 6. The lowest BCUT2D eigenvalue weighted by Crippen LogP contribution is -2.69. The van der Waals surface area contributed by atoms with E-state index in [2.05, 4.69) is 10.3 Å².